The van der Waals surface area contributed by atoms with E-state index in [9.17, 15) is 4.79 Å². The Hall–Kier alpha value is -2.28. The molecule has 0 aliphatic carbocycles. The molecule has 4 fully saturated rings. The first-order chi connectivity index (χ1) is 18.9. The lowest BCUT2D eigenvalue weighted by Crippen LogP contribution is -3.00. The summed E-state index contributed by atoms with van der Waals surface area (Å²) in [5.41, 5.74) is 3.78. The van der Waals surface area contributed by atoms with E-state index in [1.165, 1.54) is 55.5 Å². The molecule has 4 heterocycles. The van der Waals surface area contributed by atoms with E-state index in [-0.39, 0.29) is 29.4 Å². The van der Waals surface area contributed by atoms with Crippen molar-refractivity contribution in [2.75, 3.05) is 39.3 Å². The number of hydrogen-bond acceptors (Lipinski definition) is 2. The highest BCUT2D eigenvalue weighted by atomic mass is 35.5. The van der Waals surface area contributed by atoms with Gasteiger partial charge in [0, 0.05) is 43.2 Å². The van der Waals surface area contributed by atoms with Gasteiger partial charge < -0.3 is 32.0 Å². The summed E-state index contributed by atoms with van der Waals surface area (Å²) in [5, 5.41) is 1.10. The number of ether oxygens (including phenoxy) is 1. The Morgan fingerprint density at radius 2 is 1.46 bits per heavy atom. The Bertz CT molecular complexity index is 1300. The molecule has 0 spiro atoms. The smallest absolute Gasteiger partial charge is 0.410 e. The van der Waals surface area contributed by atoms with Crippen LogP contribution >= 0.6 is 23.2 Å². The summed E-state index contributed by atoms with van der Waals surface area (Å²) < 4.78 is 7.09. The summed E-state index contributed by atoms with van der Waals surface area (Å²) >= 11 is 12.8. The highest BCUT2D eigenvalue weighted by Gasteiger charge is 2.50. The van der Waals surface area contributed by atoms with Crippen LogP contribution in [0.3, 0.4) is 0 Å². The Morgan fingerprint density at radius 3 is 2.10 bits per heavy atom. The number of carbonyl (C=O) groups excluding carboxylic acids is 1. The highest BCUT2D eigenvalue weighted by Crippen LogP contribution is 2.46. The van der Waals surface area contributed by atoms with Crippen LogP contribution in [-0.2, 0) is 22.1 Å². The number of cyclic esters (lactones) is 1. The van der Waals surface area contributed by atoms with Crippen LogP contribution in [0.15, 0.2) is 78.9 Å². The van der Waals surface area contributed by atoms with E-state index in [1.54, 1.807) is 0 Å². The van der Waals surface area contributed by atoms with Gasteiger partial charge in [-0.2, -0.15) is 0 Å². The van der Waals surface area contributed by atoms with Crippen LogP contribution in [0.2, 0.25) is 10.0 Å². The number of amides is 1. The molecule has 5 nitrogen and oxygen atoms in total. The summed E-state index contributed by atoms with van der Waals surface area (Å²) in [4.78, 5) is 14.7. The van der Waals surface area contributed by atoms with Gasteiger partial charge in [-0.25, -0.2) is 4.79 Å². The third-order valence-electron chi connectivity index (χ3n) is 9.84. The van der Waals surface area contributed by atoms with Crippen LogP contribution in [0.1, 0.15) is 48.8 Å². The minimum atomic E-state index is -0.325. The third kappa shape index (κ3) is 6.40. The van der Waals surface area contributed by atoms with Crippen molar-refractivity contribution in [3.05, 3.63) is 106 Å². The molecule has 1 amide bonds. The molecule has 1 atom stereocenters. The Labute approximate surface area is 259 Å². The molecular weight excluding hydrogens is 579 g/mol. The van der Waals surface area contributed by atoms with Crippen molar-refractivity contribution < 1.29 is 31.9 Å². The number of rotatable bonds is 8. The molecule has 3 aromatic rings. The number of carbonyl (C=O) groups is 1. The molecule has 41 heavy (non-hydrogen) atoms. The number of halogens is 3. The van der Waals surface area contributed by atoms with Crippen LogP contribution in [-0.4, -0.2) is 60.3 Å². The van der Waals surface area contributed by atoms with Gasteiger partial charge in [-0.05, 0) is 41.7 Å². The highest BCUT2D eigenvalue weighted by molar-refractivity contribution is 6.42. The second kappa shape index (κ2) is 12.9. The fourth-order valence-corrected chi connectivity index (χ4v) is 7.66. The van der Waals surface area contributed by atoms with Crippen molar-refractivity contribution >= 4 is 29.3 Å². The second-order valence-corrected chi connectivity index (χ2v) is 12.9. The summed E-state index contributed by atoms with van der Waals surface area (Å²) in [6, 6.07) is 27.2. The van der Waals surface area contributed by atoms with E-state index in [2.05, 4.69) is 48.5 Å². The molecule has 7 rings (SSSR count). The van der Waals surface area contributed by atoms with E-state index in [0.717, 1.165) is 24.0 Å². The minimum Gasteiger partial charge on any atom is -1.00 e. The van der Waals surface area contributed by atoms with Crippen LogP contribution in [0.4, 0.5) is 4.79 Å². The molecule has 3 aromatic carbocycles. The molecule has 8 heteroatoms. The maximum Gasteiger partial charge on any atom is 0.410 e. The maximum atomic E-state index is 12.9. The first-order valence-corrected chi connectivity index (χ1v) is 15.0. The van der Waals surface area contributed by atoms with E-state index < -0.39 is 0 Å². The average molecular weight is 618 g/mol. The van der Waals surface area contributed by atoms with E-state index in [0.29, 0.717) is 35.2 Å². The summed E-state index contributed by atoms with van der Waals surface area (Å²) in [5.74, 6) is 0. The third-order valence-corrected chi connectivity index (χ3v) is 10.6. The van der Waals surface area contributed by atoms with Crippen molar-refractivity contribution in [1.29, 1.82) is 0 Å². The molecule has 220 valence electrons. The van der Waals surface area contributed by atoms with Crippen LogP contribution in [0, 0.1) is 0 Å². The van der Waals surface area contributed by atoms with E-state index in [1.807, 2.05) is 35.2 Å². The van der Waals surface area contributed by atoms with Gasteiger partial charge in [0.25, 0.3) is 0 Å². The largest absolute Gasteiger partial charge is 1.00 e. The lowest BCUT2D eigenvalue weighted by Gasteiger charge is -2.55. The van der Waals surface area contributed by atoms with Crippen molar-refractivity contribution in [2.45, 2.75) is 49.5 Å². The second-order valence-electron chi connectivity index (χ2n) is 12.0. The Balaban J connectivity index is 0.00000194. The topological polar surface area (TPSA) is 61.0 Å². The van der Waals surface area contributed by atoms with Gasteiger partial charge in [0.1, 0.15) is 6.61 Å². The molecule has 0 saturated carbocycles. The molecule has 4 aliphatic heterocycles. The molecule has 0 radical (unpaired) electrons. The van der Waals surface area contributed by atoms with Gasteiger partial charge >= 0.3 is 6.09 Å². The SMILES string of the molecule is O.O=C1OCC(CCC[N+]23CCC(c4ccccc4)(CC2)CC3)(c2ccc(Cl)c(Cl)c2)CN1Cc1ccccc1.[Cl-]. The van der Waals surface area contributed by atoms with Crippen LogP contribution < -0.4 is 12.4 Å². The first kappa shape index (κ1) is 31.7. The van der Waals surface area contributed by atoms with Gasteiger partial charge in [0.15, 0.2) is 0 Å². The van der Waals surface area contributed by atoms with Gasteiger partial charge in [-0.3, -0.25) is 0 Å². The zero-order chi connectivity index (χ0) is 26.9. The number of piperidine rings is 3. The van der Waals surface area contributed by atoms with Gasteiger partial charge in [-0.1, -0.05) is 89.9 Å². The summed E-state index contributed by atoms with van der Waals surface area (Å²) in [6.07, 6.45) is 5.59. The van der Waals surface area contributed by atoms with Gasteiger partial charge in [0.05, 0.1) is 36.2 Å². The van der Waals surface area contributed by atoms with Gasteiger partial charge in [-0.15, -0.1) is 0 Å². The Kier molecular flexibility index (Phi) is 9.98. The predicted octanol–water partition coefficient (Wildman–Crippen LogP) is 3.80. The zero-order valence-corrected chi connectivity index (χ0v) is 25.6. The molecule has 1 unspecified atom stereocenters. The normalized spacial score (nSPS) is 27.0. The predicted molar refractivity (Wildman–Crippen MR) is 161 cm³/mol. The molecule has 2 bridgehead atoms. The van der Waals surface area contributed by atoms with Crippen molar-refractivity contribution in [3.8, 4) is 0 Å². The number of benzene rings is 3. The maximum absolute atomic E-state index is 12.9. The fourth-order valence-electron chi connectivity index (χ4n) is 7.36. The standard InChI is InChI=1S/C33H37Cl2N2O2.ClH.H2O/c34-29-13-12-28(22-30(29)35)33(24-36(31(38)39-25-33)23-26-8-3-1-4-9-26)14-7-18-37-19-15-32(16-20-37,17-21-37)27-10-5-2-6-11-27;;/h1-6,8-13,22H,7,14-21,23-25H2;1H;1H2/q+1;;/p-1. The number of quaternary nitrogens is 1. The fraction of sp³-hybridized carbons (Fsp3) is 0.424. The molecule has 0 aromatic heterocycles. The lowest BCUT2D eigenvalue weighted by molar-refractivity contribution is -0.943. The number of hydrogen-bond donors (Lipinski definition) is 0. The number of fused-ring (bicyclic) bond motifs is 3. The average Bonchev–Trinajstić information content (AvgIpc) is 2.98. The van der Waals surface area contributed by atoms with E-state index in [4.69, 9.17) is 27.9 Å². The molecule has 4 saturated heterocycles. The first-order valence-electron chi connectivity index (χ1n) is 14.2. The monoisotopic (exact) mass is 616 g/mol. The lowest BCUT2D eigenvalue weighted by atomic mass is 9.66. The number of nitrogens with zero attached hydrogens (tertiary/aromatic N) is 2. The van der Waals surface area contributed by atoms with Gasteiger partial charge in [0.2, 0.25) is 0 Å². The van der Waals surface area contributed by atoms with Crippen molar-refractivity contribution in [1.82, 2.24) is 4.90 Å². The summed E-state index contributed by atoms with van der Waals surface area (Å²) in [7, 11) is 0. The quantitative estimate of drug-likeness (QED) is 0.361. The summed E-state index contributed by atoms with van der Waals surface area (Å²) in [6.45, 7) is 6.43. The van der Waals surface area contributed by atoms with Crippen LogP contribution in [0.25, 0.3) is 0 Å². The van der Waals surface area contributed by atoms with Crippen LogP contribution in [0.5, 0.6) is 0 Å². The molecule has 4 aliphatic rings. The van der Waals surface area contributed by atoms with E-state index >= 15 is 0 Å². The minimum absolute atomic E-state index is 0. The van der Waals surface area contributed by atoms with Crippen molar-refractivity contribution in [3.63, 3.8) is 0 Å². The van der Waals surface area contributed by atoms with Crippen molar-refractivity contribution in [2.24, 2.45) is 0 Å². The molecular formula is C33H39Cl3N2O3. The Morgan fingerprint density at radius 1 is 0.829 bits per heavy atom. The molecule has 2 N–H and O–H groups in total. The zero-order valence-electron chi connectivity index (χ0n) is 23.3.